The molecule has 0 aliphatic carbocycles. The lowest BCUT2D eigenvalue weighted by atomic mass is 9.96. The highest BCUT2D eigenvalue weighted by atomic mass is 35.5. The first-order valence-corrected chi connectivity index (χ1v) is 13.8. The van der Waals surface area contributed by atoms with Crippen molar-refractivity contribution in [1.82, 2.24) is 20.4 Å². The van der Waals surface area contributed by atoms with E-state index in [0.29, 0.717) is 29.8 Å². The molecular weight excluding hydrogens is 486 g/mol. The largest absolute Gasteiger partial charge is 0.371 e. The number of carbonyl (C=O) groups is 1. The molecule has 1 amide bonds. The van der Waals surface area contributed by atoms with E-state index < -0.39 is 0 Å². The number of benzene rings is 2. The van der Waals surface area contributed by atoms with Gasteiger partial charge in [0.05, 0.1) is 23.5 Å². The van der Waals surface area contributed by atoms with Crippen molar-refractivity contribution in [2.75, 3.05) is 31.1 Å². The van der Waals surface area contributed by atoms with E-state index >= 15 is 0 Å². The predicted molar refractivity (Wildman–Crippen MR) is 146 cm³/mol. The highest BCUT2D eigenvalue weighted by Gasteiger charge is 2.28. The smallest absolute Gasteiger partial charge is 0.241 e. The molecular formula is C29H36ClN5O2. The van der Waals surface area contributed by atoms with Gasteiger partial charge in [-0.25, -0.2) is 0 Å². The predicted octanol–water partition coefficient (Wildman–Crippen LogP) is 5.72. The molecule has 1 aromatic heterocycles. The van der Waals surface area contributed by atoms with Gasteiger partial charge in [-0.2, -0.15) is 4.98 Å². The summed E-state index contributed by atoms with van der Waals surface area (Å²) in [7, 11) is 0. The van der Waals surface area contributed by atoms with Crippen LogP contribution in [-0.2, 0) is 11.3 Å². The summed E-state index contributed by atoms with van der Waals surface area (Å²) in [6.45, 7) is 8.73. The second-order valence-electron chi connectivity index (χ2n) is 10.6. The van der Waals surface area contributed by atoms with Gasteiger partial charge < -0.3 is 14.7 Å². The molecule has 0 bridgehead atoms. The summed E-state index contributed by atoms with van der Waals surface area (Å²) in [5.41, 5.74) is 3.16. The topological polar surface area (TPSA) is 74.5 Å². The van der Waals surface area contributed by atoms with Crippen LogP contribution in [0, 0.1) is 11.8 Å². The third kappa shape index (κ3) is 6.33. The van der Waals surface area contributed by atoms with E-state index in [1.54, 1.807) is 0 Å². The highest BCUT2D eigenvalue weighted by Crippen LogP contribution is 2.27. The third-order valence-electron chi connectivity index (χ3n) is 7.59. The van der Waals surface area contributed by atoms with Crippen molar-refractivity contribution in [3.8, 4) is 11.4 Å². The lowest BCUT2D eigenvalue weighted by Crippen LogP contribution is -2.43. The van der Waals surface area contributed by atoms with E-state index in [1.807, 2.05) is 24.3 Å². The zero-order valence-electron chi connectivity index (χ0n) is 21.7. The van der Waals surface area contributed by atoms with Crippen LogP contribution in [0.4, 0.5) is 5.69 Å². The number of likely N-dealkylation sites (tertiary alicyclic amines) is 1. The second-order valence-corrected chi connectivity index (χ2v) is 11.0. The Labute approximate surface area is 224 Å². The molecule has 3 heterocycles. The first-order valence-electron chi connectivity index (χ1n) is 13.4. The number of hydrogen-bond donors (Lipinski definition) is 1. The van der Waals surface area contributed by atoms with Crippen LogP contribution in [0.5, 0.6) is 0 Å². The quantitative estimate of drug-likeness (QED) is 0.429. The number of halogens is 1. The monoisotopic (exact) mass is 521 g/mol. The molecule has 2 fully saturated rings. The fourth-order valence-corrected chi connectivity index (χ4v) is 5.71. The van der Waals surface area contributed by atoms with Gasteiger partial charge in [0.1, 0.15) is 0 Å². The van der Waals surface area contributed by atoms with Crippen LogP contribution in [0.1, 0.15) is 57.0 Å². The number of rotatable bonds is 7. The summed E-state index contributed by atoms with van der Waals surface area (Å²) in [6, 6.07) is 16.1. The SMILES string of the molecule is CC1CCCN(c2ccc(C(C)NC(=O)C3CCCN(Cc4nc(-c5ccccc5Cl)no4)C3)cc2)C1. The second kappa shape index (κ2) is 11.7. The summed E-state index contributed by atoms with van der Waals surface area (Å²) in [6.07, 6.45) is 4.41. The Hall–Kier alpha value is -2.90. The lowest BCUT2D eigenvalue weighted by molar-refractivity contribution is -0.127. The van der Waals surface area contributed by atoms with Gasteiger partial charge in [0.2, 0.25) is 17.6 Å². The van der Waals surface area contributed by atoms with Crippen LogP contribution in [-0.4, -0.2) is 47.1 Å². The van der Waals surface area contributed by atoms with Crippen molar-refractivity contribution in [2.24, 2.45) is 11.8 Å². The number of nitrogens with zero attached hydrogens (tertiary/aromatic N) is 4. The van der Waals surface area contributed by atoms with Crippen LogP contribution < -0.4 is 10.2 Å². The van der Waals surface area contributed by atoms with E-state index in [0.717, 1.165) is 49.5 Å². The minimum atomic E-state index is -0.0590. The van der Waals surface area contributed by atoms with Crippen LogP contribution >= 0.6 is 11.6 Å². The van der Waals surface area contributed by atoms with Crippen LogP contribution in [0.25, 0.3) is 11.4 Å². The van der Waals surface area contributed by atoms with E-state index in [4.69, 9.17) is 16.1 Å². The van der Waals surface area contributed by atoms with E-state index in [2.05, 4.69) is 63.4 Å². The van der Waals surface area contributed by atoms with E-state index in [-0.39, 0.29) is 17.9 Å². The molecule has 0 saturated carbocycles. The number of anilines is 1. The molecule has 1 N–H and O–H groups in total. The molecule has 5 rings (SSSR count). The van der Waals surface area contributed by atoms with Crippen molar-refractivity contribution >= 4 is 23.2 Å². The van der Waals surface area contributed by atoms with Crippen molar-refractivity contribution in [3.63, 3.8) is 0 Å². The maximum Gasteiger partial charge on any atom is 0.241 e. The Kier molecular flexibility index (Phi) is 8.11. The third-order valence-corrected chi connectivity index (χ3v) is 7.92. The van der Waals surface area contributed by atoms with E-state index in [1.165, 1.54) is 18.5 Å². The van der Waals surface area contributed by atoms with Crippen LogP contribution in [0.2, 0.25) is 5.02 Å². The summed E-state index contributed by atoms with van der Waals surface area (Å²) >= 11 is 6.27. The molecule has 2 aromatic carbocycles. The first kappa shape index (κ1) is 25.7. The number of nitrogens with one attached hydrogen (secondary N) is 1. The molecule has 2 aliphatic rings. The molecule has 0 radical (unpaired) electrons. The summed E-state index contributed by atoms with van der Waals surface area (Å²) in [5.74, 6) is 1.81. The zero-order chi connectivity index (χ0) is 25.8. The number of hydrogen-bond acceptors (Lipinski definition) is 6. The fraction of sp³-hybridized carbons (Fsp3) is 0.483. The zero-order valence-corrected chi connectivity index (χ0v) is 22.5. The Morgan fingerprint density at radius 1 is 1.11 bits per heavy atom. The summed E-state index contributed by atoms with van der Waals surface area (Å²) in [4.78, 5) is 22.4. The Morgan fingerprint density at radius 2 is 1.89 bits per heavy atom. The molecule has 2 saturated heterocycles. The Morgan fingerprint density at radius 3 is 2.68 bits per heavy atom. The number of piperidine rings is 2. The van der Waals surface area contributed by atoms with Gasteiger partial charge in [-0.3, -0.25) is 9.69 Å². The summed E-state index contributed by atoms with van der Waals surface area (Å²) in [5, 5.41) is 7.93. The molecule has 3 aromatic rings. The fourth-order valence-electron chi connectivity index (χ4n) is 5.49. The first-order chi connectivity index (χ1) is 18.0. The van der Waals surface area contributed by atoms with Crippen molar-refractivity contribution in [1.29, 1.82) is 0 Å². The molecule has 7 nitrogen and oxygen atoms in total. The Bertz CT molecular complexity index is 1200. The minimum absolute atomic E-state index is 0.0358. The maximum atomic E-state index is 13.1. The molecule has 37 heavy (non-hydrogen) atoms. The van der Waals surface area contributed by atoms with Crippen LogP contribution in [0.15, 0.2) is 53.1 Å². The van der Waals surface area contributed by atoms with Gasteiger partial charge >= 0.3 is 0 Å². The normalized spacial score (nSPS) is 21.5. The molecule has 196 valence electrons. The highest BCUT2D eigenvalue weighted by molar-refractivity contribution is 6.33. The van der Waals surface area contributed by atoms with Gasteiger partial charge in [0.25, 0.3) is 0 Å². The van der Waals surface area contributed by atoms with Gasteiger partial charge in [-0.1, -0.05) is 47.9 Å². The molecule has 3 unspecified atom stereocenters. The maximum absolute atomic E-state index is 13.1. The minimum Gasteiger partial charge on any atom is -0.371 e. The molecule has 8 heteroatoms. The average molecular weight is 522 g/mol. The van der Waals surface area contributed by atoms with Gasteiger partial charge in [0.15, 0.2) is 0 Å². The van der Waals surface area contributed by atoms with E-state index in [9.17, 15) is 4.79 Å². The van der Waals surface area contributed by atoms with Gasteiger partial charge in [-0.05, 0) is 74.9 Å². The van der Waals surface area contributed by atoms with Crippen molar-refractivity contribution in [3.05, 3.63) is 65.0 Å². The average Bonchev–Trinajstić information content (AvgIpc) is 3.37. The molecule has 3 atom stereocenters. The lowest BCUT2D eigenvalue weighted by Gasteiger charge is -2.33. The van der Waals surface area contributed by atoms with Crippen molar-refractivity contribution < 1.29 is 9.32 Å². The number of carbonyl (C=O) groups excluding carboxylic acids is 1. The van der Waals surface area contributed by atoms with Crippen LogP contribution in [0.3, 0.4) is 0 Å². The summed E-state index contributed by atoms with van der Waals surface area (Å²) < 4.78 is 5.49. The number of amides is 1. The van der Waals surface area contributed by atoms with Crippen molar-refractivity contribution in [2.45, 2.75) is 52.1 Å². The van der Waals surface area contributed by atoms with Gasteiger partial charge in [0, 0.05) is 30.9 Å². The molecule has 2 aliphatic heterocycles. The standard InChI is InChI=1S/C29H36ClN5O2/c1-20-7-5-16-35(17-20)24-13-11-22(12-14-24)21(2)31-29(36)23-8-6-15-34(18-23)19-27-32-28(33-37-27)25-9-3-4-10-26(25)30/h3-4,9-14,20-21,23H,5-8,15-19H2,1-2H3,(H,31,36). The molecule has 0 spiro atoms. The number of aromatic nitrogens is 2. The Balaban J connectivity index is 1.14. The van der Waals surface area contributed by atoms with Gasteiger partial charge in [-0.15, -0.1) is 0 Å².